The van der Waals surface area contributed by atoms with Crippen molar-refractivity contribution in [2.45, 2.75) is 18.9 Å². The highest BCUT2D eigenvalue weighted by atomic mass is 16.5. The summed E-state index contributed by atoms with van der Waals surface area (Å²) in [6.45, 7) is 0. The van der Waals surface area contributed by atoms with Crippen LogP contribution in [0, 0.1) is 0 Å². The Labute approximate surface area is 124 Å². The molecule has 0 bridgehead atoms. The lowest BCUT2D eigenvalue weighted by molar-refractivity contribution is -0.138. The number of rotatable bonds is 6. The Morgan fingerprint density at radius 3 is 2.57 bits per heavy atom. The van der Waals surface area contributed by atoms with Gasteiger partial charge in [-0.15, -0.1) is 0 Å². The molecule has 2 aromatic carbocycles. The lowest BCUT2D eigenvalue weighted by Gasteiger charge is -2.12. The zero-order valence-electron chi connectivity index (χ0n) is 12.0. The summed E-state index contributed by atoms with van der Waals surface area (Å²) in [7, 11) is 1.63. The van der Waals surface area contributed by atoms with Gasteiger partial charge >= 0.3 is 5.97 Å². The van der Waals surface area contributed by atoms with E-state index in [1.54, 1.807) is 7.11 Å². The molecule has 0 saturated carbocycles. The fourth-order valence-electron chi connectivity index (χ4n) is 2.19. The van der Waals surface area contributed by atoms with Gasteiger partial charge in [0.25, 0.3) is 0 Å². The third kappa shape index (κ3) is 3.83. The Morgan fingerprint density at radius 1 is 1.24 bits per heavy atom. The van der Waals surface area contributed by atoms with Crippen molar-refractivity contribution in [3.05, 3.63) is 54.1 Å². The summed E-state index contributed by atoms with van der Waals surface area (Å²) < 4.78 is 5.45. The molecule has 0 heterocycles. The number of benzene rings is 2. The summed E-state index contributed by atoms with van der Waals surface area (Å²) in [4.78, 5) is 10.7. The van der Waals surface area contributed by atoms with Crippen molar-refractivity contribution in [2.24, 2.45) is 5.73 Å². The molecule has 1 atom stereocenters. The highest BCUT2D eigenvalue weighted by Gasteiger charge is 2.12. The van der Waals surface area contributed by atoms with E-state index in [0.29, 0.717) is 12.8 Å². The number of methoxy groups -OCH3 is 1. The van der Waals surface area contributed by atoms with Crippen LogP contribution in [-0.2, 0) is 11.2 Å². The molecule has 0 aliphatic rings. The summed E-state index contributed by atoms with van der Waals surface area (Å²) in [6.07, 6.45) is 1.02. The number of carbonyl (C=O) groups is 1. The molecule has 2 rings (SSSR count). The number of carboxylic acids is 1. The molecule has 21 heavy (non-hydrogen) atoms. The third-order valence-corrected chi connectivity index (χ3v) is 3.41. The molecule has 0 radical (unpaired) electrons. The van der Waals surface area contributed by atoms with Crippen LogP contribution in [0.25, 0.3) is 11.1 Å². The molecule has 2 aromatic rings. The van der Waals surface area contributed by atoms with Crippen LogP contribution >= 0.6 is 0 Å². The van der Waals surface area contributed by atoms with Crippen LogP contribution in [0.5, 0.6) is 5.75 Å². The van der Waals surface area contributed by atoms with Crippen LogP contribution in [0.1, 0.15) is 12.0 Å². The summed E-state index contributed by atoms with van der Waals surface area (Å²) in [6, 6.07) is 15.1. The maximum atomic E-state index is 10.7. The van der Waals surface area contributed by atoms with Gasteiger partial charge in [0.1, 0.15) is 11.8 Å². The van der Waals surface area contributed by atoms with E-state index in [9.17, 15) is 4.79 Å². The summed E-state index contributed by atoms with van der Waals surface area (Å²) in [5.74, 6) is -0.189. The fraction of sp³-hybridized carbons (Fsp3) is 0.235. The van der Waals surface area contributed by atoms with Gasteiger partial charge in [0, 0.05) is 5.56 Å². The topological polar surface area (TPSA) is 72.5 Å². The first-order valence-corrected chi connectivity index (χ1v) is 6.82. The molecule has 0 aliphatic carbocycles. The van der Waals surface area contributed by atoms with Crippen molar-refractivity contribution in [3.8, 4) is 16.9 Å². The monoisotopic (exact) mass is 285 g/mol. The molecule has 0 saturated heterocycles. The van der Waals surface area contributed by atoms with Gasteiger partial charge in [0.15, 0.2) is 0 Å². The van der Waals surface area contributed by atoms with Crippen molar-refractivity contribution >= 4 is 5.97 Å². The minimum atomic E-state index is -0.970. The average Bonchev–Trinajstić information content (AvgIpc) is 2.53. The summed E-state index contributed by atoms with van der Waals surface area (Å²) in [5, 5.41) is 8.80. The third-order valence-electron chi connectivity index (χ3n) is 3.41. The van der Waals surface area contributed by atoms with E-state index in [1.165, 1.54) is 0 Å². The predicted octanol–water partition coefficient (Wildman–Crippen LogP) is 2.71. The van der Waals surface area contributed by atoms with E-state index in [2.05, 4.69) is 0 Å². The van der Waals surface area contributed by atoms with Crippen LogP contribution in [0.3, 0.4) is 0 Å². The SMILES string of the molecule is COc1cc(CCC(N)C(=O)O)ccc1-c1ccccc1. The average molecular weight is 285 g/mol. The Morgan fingerprint density at radius 2 is 1.95 bits per heavy atom. The maximum Gasteiger partial charge on any atom is 0.320 e. The molecule has 0 amide bonds. The van der Waals surface area contributed by atoms with Crippen LogP contribution in [-0.4, -0.2) is 24.2 Å². The zero-order valence-corrected chi connectivity index (χ0v) is 12.0. The first-order chi connectivity index (χ1) is 10.1. The summed E-state index contributed by atoms with van der Waals surface area (Å²) in [5.41, 5.74) is 8.65. The first kappa shape index (κ1) is 15.1. The van der Waals surface area contributed by atoms with Crippen molar-refractivity contribution in [2.75, 3.05) is 7.11 Å². The van der Waals surface area contributed by atoms with Gasteiger partial charge in [-0.05, 0) is 30.0 Å². The maximum absolute atomic E-state index is 10.7. The van der Waals surface area contributed by atoms with Crippen molar-refractivity contribution in [1.29, 1.82) is 0 Å². The Hall–Kier alpha value is -2.33. The molecule has 0 fully saturated rings. The van der Waals surface area contributed by atoms with Gasteiger partial charge < -0.3 is 15.6 Å². The number of aliphatic carboxylic acids is 1. The second kappa shape index (κ2) is 6.90. The Kier molecular flexibility index (Phi) is 4.95. The minimum Gasteiger partial charge on any atom is -0.496 e. The Bertz CT molecular complexity index is 611. The Balaban J connectivity index is 2.19. The van der Waals surface area contributed by atoms with Gasteiger partial charge in [-0.3, -0.25) is 4.79 Å². The molecular formula is C17H19NO3. The highest BCUT2D eigenvalue weighted by Crippen LogP contribution is 2.31. The molecule has 1 unspecified atom stereocenters. The molecule has 4 nitrogen and oxygen atoms in total. The van der Waals surface area contributed by atoms with Crippen LogP contribution in [0.15, 0.2) is 48.5 Å². The number of carboxylic acid groups (broad SMARTS) is 1. The zero-order chi connectivity index (χ0) is 15.2. The summed E-state index contributed by atoms with van der Waals surface area (Å²) >= 11 is 0. The standard InChI is InChI=1S/C17H19NO3/c1-21-16-11-12(8-10-15(18)17(19)20)7-9-14(16)13-5-3-2-4-6-13/h2-7,9,11,15H,8,10,18H2,1H3,(H,19,20). The van der Waals surface area contributed by atoms with E-state index < -0.39 is 12.0 Å². The van der Waals surface area contributed by atoms with Gasteiger partial charge in [0.2, 0.25) is 0 Å². The number of hydrogen-bond donors (Lipinski definition) is 2. The largest absolute Gasteiger partial charge is 0.496 e. The van der Waals surface area contributed by atoms with E-state index in [-0.39, 0.29) is 0 Å². The lowest BCUT2D eigenvalue weighted by atomic mass is 9.99. The smallest absolute Gasteiger partial charge is 0.320 e. The van der Waals surface area contributed by atoms with Gasteiger partial charge in [-0.25, -0.2) is 0 Å². The normalized spacial score (nSPS) is 11.9. The van der Waals surface area contributed by atoms with Gasteiger partial charge in [-0.2, -0.15) is 0 Å². The molecule has 0 spiro atoms. The van der Waals surface area contributed by atoms with Crippen LogP contribution in [0.2, 0.25) is 0 Å². The second-order valence-electron chi connectivity index (χ2n) is 4.88. The van der Waals surface area contributed by atoms with Gasteiger partial charge in [-0.1, -0.05) is 42.5 Å². The number of ether oxygens (including phenoxy) is 1. The lowest BCUT2D eigenvalue weighted by Crippen LogP contribution is -2.30. The van der Waals surface area contributed by atoms with Crippen molar-refractivity contribution in [1.82, 2.24) is 0 Å². The minimum absolute atomic E-state index is 0.406. The number of hydrogen-bond acceptors (Lipinski definition) is 3. The fourth-order valence-corrected chi connectivity index (χ4v) is 2.19. The van der Waals surface area contributed by atoms with Crippen molar-refractivity contribution in [3.63, 3.8) is 0 Å². The van der Waals surface area contributed by atoms with E-state index >= 15 is 0 Å². The number of aryl methyl sites for hydroxylation is 1. The molecule has 110 valence electrons. The highest BCUT2D eigenvalue weighted by molar-refractivity contribution is 5.73. The van der Waals surface area contributed by atoms with E-state index in [1.807, 2.05) is 48.5 Å². The first-order valence-electron chi connectivity index (χ1n) is 6.82. The molecule has 0 aromatic heterocycles. The van der Waals surface area contributed by atoms with Crippen molar-refractivity contribution < 1.29 is 14.6 Å². The van der Waals surface area contributed by atoms with Crippen LogP contribution in [0.4, 0.5) is 0 Å². The van der Waals surface area contributed by atoms with Crippen LogP contribution < -0.4 is 10.5 Å². The molecule has 4 heteroatoms. The predicted molar refractivity (Wildman–Crippen MR) is 82.4 cm³/mol. The second-order valence-corrected chi connectivity index (χ2v) is 4.88. The van der Waals surface area contributed by atoms with E-state index in [0.717, 1.165) is 22.4 Å². The van der Waals surface area contributed by atoms with E-state index in [4.69, 9.17) is 15.6 Å². The van der Waals surface area contributed by atoms with Gasteiger partial charge in [0.05, 0.1) is 7.11 Å². The molecular weight excluding hydrogens is 266 g/mol. The molecule has 3 N–H and O–H groups in total. The quantitative estimate of drug-likeness (QED) is 0.856. The number of nitrogens with two attached hydrogens (primary N) is 1. The molecule has 0 aliphatic heterocycles.